The number of rotatable bonds is 8. The fourth-order valence-electron chi connectivity index (χ4n) is 3.29. The third-order valence-electron chi connectivity index (χ3n) is 4.93. The van der Waals surface area contributed by atoms with E-state index < -0.39 is 17.8 Å². The molecule has 1 aliphatic carbocycles. The number of amides is 2. The number of halogens is 1. The lowest BCUT2D eigenvalue weighted by atomic mass is 9.89. The first kappa shape index (κ1) is 21.8. The van der Waals surface area contributed by atoms with Gasteiger partial charge in [0.25, 0.3) is 5.91 Å². The number of hydroxylamine groups is 1. The van der Waals surface area contributed by atoms with Crippen molar-refractivity contribution < 1.29 is 19.2 Å². The molecular weight excluding hydrogens is 363 g/mol. The SMILES string of the molecule is CC(C)[C@@H](Nc1ncc(/C=C/C(=O)NO)cc1F)C(=O)NCC1CCCCC1. The maximum atomic E-state index is 14.4. The van der Waals surface area contributed by atoms with Gasteiger partial charge in [0.15, 0.2) is 11.6 Å². The van der Waals surface area contributed by atoms with E-state index in [0.717, 1.165) is 18.9 Å². The van der Waals surface area contributed by atoms with E-state index in [1.807, 2.05) is 13.8 Å². The number of pyridine rings is 1. The molecular formula is C20H29FN4O3. The summed E-state index contributed by atoms with van der Waals surface area (Å²) >= 11 is 0. The summed E-state index contributed by atoms with van der Waals surface area (Å²) in [5.41, 5.74) is 1.81. The van der Waals surface area contributed by atoms with Gasteiger partial charge >= 0.3 is 0 Å². The first-order chi connectivity index (χ1) is 13.4. The highest BCUT2D eigenvalue weighted by atomic mass is 19.1. The monoisotopic (exact) mass is 392 g/mol. The molecule has 1 atom stereocenters. The van der Waals surface area contributed by atoms with Crippen molar-refractivity contribution in [3.63, 3.8) is 0 Å². The van der Waals surface area contributed by atoms with E-state index in [9.17, 15) is 14.0 Å². The summed E-state index contributed by atoms with van der Waals surface area (Å²) in [4.78, 5) is 27.6. The smallest absolute Gasteiger partial charge is 0.267 e. The maximum absolute atomic E-state index is 14.4. The molecule has 2 amide bonds. The van der Waals surface area contributed by atoms with Crippen LogP contribution in [0.25, 0.3) is 6.08 Å². The van der Waals surface area contributed by atoms with Crippen LogP contribution in [0.5, 0.6) is 0 Å². The number of nitrogens with zero attached hydrogens (tertiary/aromatic N) is 1. The second-order valence-electron chi connectivity index (χ2n) is 7.52. The van der Waals surface area contributed by atoms with E-state index >= 15 is 0 Å². The third-order valence-corrected chi connectivity index (χ3v) is 4.93. The minimum atomic E-state index is -0.725. The molecule has 0 aromatic carbocycles. The molecule has 1 heterocycles. The zero-order valence-corrected chi connectivity index (χ0v) is 16.4. The Hall–Kier alpha value is -2.48. The van der Waals surface area contributed by atoms with Crippen LogP contribution in [0.4, 0.5) is 10.2 Å². The van der Waals surface area contributed by atoms with E-state index in [-0.39, 0.29) is 17.6 Å². The van der Waals surface area contributed by atoms with Gasteiger partial charge in [-0.1, -0.05) is 33.1 Å². The molecule has 7 nitrogen and oxygen atoms in total. The van der Waals surface area contributed by atoms with Gasteiger partial charge in [0.2, 0.25) is 5.91 Å². The van der Waals surface area contributed by atoms with Crippen LogP contribution >= 0.6 is 0 Å². The van der Waals surface area contributed by atoms with Gasteiger partial charge in [0, 0.05) is 18.8 Å². The zero-order chi connectivity index (χ0) is 20.5. The largest absolute Gasteiger partial charge is 0.356 e. The van der Waals surface area contributed by atoms with Crippen LogP contribution in [-0.2, 0) is 9.59 Å². The van der Waals surface area contributed by atoms with Crippen LogP contribution in [0.2, 0.25) is 0 Å². The normalized spacial score (nSPS) is 16.2. The van der Waals surface area contributed by atoms with Gasteiger partial charge in [-0.25, -0.2) is 14.9 Å². The molecule has 0 aliphatic heterocycles. The van der Waals surface area contributed by atoms with Crippen molar-refractivity contribution in [2.24, 2.45) is 11.8 Å². The highest BCUT2D eigenvalue weighted by molar-refractivity contribution is 5.90. The third kappa shape index (κ3) is 6.60. The molecule has 0 bridgehead atoms. The van der Waals surface area contributed by atoms with Crippen LogP contribution in [0.1, 0.15) is 51.5 Å². The molecule has 0 radical (unpaired) electrons. The van der Waals surface area contributed by atoms with E-state index in [4.69, 9.17) is 5.21 Å². The van der Waals surface area contributed by atoms with Gasteiger partial charge in [-0.3, -0.25) is 14.8 Å². The second-order valence-corrected chi connectivity index (χ2v) is 7.52. The lowest BCUT2D eigenvalue weighted by Gasteiger charge is -2.26. The van der Waals surface area contributed by atoms with Gasteiger partial charge in [0.05, 0.1) is 0 Å². The molecule has 0 saturated heterocycles. The average molecular weight is 392 g/mol. The van der Waals surface area contributed by atoms with Gasteiger partial charge in [0.1, 0.15) is 6.04 Å². The van der Waals surface area contributed by atoms with Crippen LogP contribution in [0, 0.1) is 17.7 Å². The zero-order valence-electron chi connectivity index (χ0n) is 16.4. The highest BCUT2D eigenvalue weighted by Gasteiger charge is 2.24. The molecule has 1 saturated carbocycles. The predicted octanol–water partition coefficient (Wildman–Crippen LogP) is 2.87. The number of carbonyl (C=O) groups is 2. The first-order valence-electron chi connectivity index (χ1n) is 9.72. The highest BCUT2D eigenvalue weighted by Crippen LogP contribution is 2.23. The molecule has 4 N–H and O–H groups in total. The Kier molecular flexibility index (Phi) is 8.38. The van der Waals surface area contributed by atoms with Gasteiger partial charge in [-0.05, 0) is 42.4 Å². The maximum Gasteiger partial charge on any atom is 0.267 e. The van der Waals surface area contributed by atoms with Crippen LogP contribution in [0.15, 0.2) is 18.3 Å². The van der Waals surface area contributed by atoms with E-state index in [1.165, 1.54) is 43.1 Å². The molecule has 154 valence electrons. The molecule has 28 heavy (non-hydrogen) atoms. The fourth-order valence-corrected chi connectivity index (χ4v) is 3.29. The minimum Gasteiger partial charge on any atom is -0.356 e. The average Bonchev–Trinajstić information content (AvgIpc) is 2.70. The van der Waals surface area contributed by atoms with E-state index in [1.54, 1.807) is 0 Å². The number of carbonyl (C=O) groups excluding carboxylic acids is 2. The Bertz CT molecular complexity index is 703. The molecule has 0 unspecified atom stereocenters. The molecule has 2 rings (SSSR count). The van der Waals surface area contributed by atoms with E-state index in [0.29, 0.717) is 18.0 Å². The lowest BCUT2D eigenvalue weighted by Crippen LogP contribution is -2.45. The number of hydrogen-bond donors (Lipinski definition) is 4. The van der Waals surface area contributed by atoms with Crippen molar-refractivity contribution >= 4 is 23.7 Å². The fraction of sp³-hybridized carbons (Fsp3) is 0.550. The van der Waals surface area contributed by atoms with Gasteiger partial charge in [-0.2, -0.15) is 0 Å². The summed E-state index contributed by atoms with van der Waals surface area (Å²) in [6.45, 7) is 4.43. The Morgan fingerprint density at radius 1 is 1.32 bits per heavy atom. The number of aromatic nitrogens is 1. The van der Waals surface area contributed by atoms with Gasteiger partial charge < -0.3 is 10.6 Å². The summed E-state index contributed by atoms with van der Waals surface area (Å²) in [7, 11) is 0. The van der Waals surface area contributed by atoms with Crippen LogP contribution < -0.4 is 16.1 Å². The van der Waals surface area contributed by atoms with Crippen molar-refractivity contribution in [2.45, 2.75) is 52.0 Å². The van der Waals surface area contributed by atoms with Crippen LogP contribution in [-0.4, -0.2) is 34.6 Å². The standard InChI is InChI=1S/C20H29FN4O3/c1-13(2)18(20(27)23-11-14-6-4-3-5-7-14)24-19-16(21)10-15(12-22-19)8-9-17(26)25-28/h8-10,12-14,18,28H,3-7,11H2,1-2H3,(H,22,24)(H,23,27)(H,25,26)/b9-8+/t18-/m1/s1. The molecule has 1 fully saturated rings. The summed E-state index contributed by atoms with van der Waals surface area (Å²) in [5.74, 6) is -1.07. The second kappa shape index (κ2) is 10.8. The number of anilines is 1. The van der Waals surface area contributed by atoms with Crippen molar-refractivity contribution in [3.05, 3.63) is 29.7 Å². The molecule has 0 spiro atoms. The van der Waals surface area contributed by atoms with Crippen molar-refractivity contribution in [1.29, 1.82) is 0 Å². The predicted molar refractivity (Wildman–Crippen MR) is 105 cm³/mol. The van der Waals surface area contributed by atoms with Crippen molar-refractivity contribution in [2.75, 3.05) is 11.9 Å². The topological polar surface area (TPSA) is 103 Å². The Balaban J connectivity index is 1.99. The number of hydrogen-bond acceptors (Lipinski definition) is 5. The Morgan fingerprint density at radius 3 is 2.64 bits per heavy atom. The first-order valence-corrected chi connectivity index (χ1v) is 9.72. The lowest BCUT2D eigenvalue weighted by molar-refractivity contribution is -0.124. The molecule has 8 heteroatoms. The minimum absolute atomic E-state index is 0.0183. The molecule has 1 aliphatic rings. The van der Waals surface area contributed by atoms with Crippen molar-refractivity contribution in [3.8, 4) is 0 Å². The summed E-state index contributed by atoms with van der Waals surface area (Å²) in [6, 6.07) is 0.598. The number of nitrogens with one attached hydrogen (secondary N) is 3. The summed E-state index contributed by atoms with van der Waals surface area (Å²) in [5, 5.41) is 14.3. The van der Waals surface area contributed by atoms with Crippen molar-refractivity contribution in [1.82, 2.24) is 15.8 Å². The molecule has 1 aromatic rings. The Morgan fingerprint density at radius 2 is 2.04 bits per heavy atom. The van der Waals surface area contributed by atoms with E-state index in [2.05, 4.69) is 15.6 Å². The molecule has 1 aromatic heterocycles. The summed E-state index contributed by atoms with van der Waals surface area (Å²) in [6.07, 6.45) is 9.72. The van der Waals surface area contributed by atoms with Crippen LogP contribution in [0.3, 0.4) is 0 Å². The van der Waals surface area contributed by atoms with Gasteiger partial charge in [-0.15, -0.1) is 0 Å². The summed E-state index contributed by atoms with van der Waals surface area (Å²) < 4.78 is 14.4. The quantitative estimate of drug-likeness (QED) is 0.309. The Labute approximate surface area is 164 Å².